The maximum absolute atomic E-state index is 8.84. The topological polar surface area (TPSA) is 32.7 Å². The third-order valence-corrected chi connectivity index (χ3v) is 2.28. The summed E-state index contributed by atoms with van der Waals surface area (Å²) >= 11 is 0. The fourth-order valence-electron chi connectivity index (χ4n) is 1.29. The van der Waals surface area contributed by atoms with Gasteiger partial charge in [-0.25, -0.2) is 0 Å². The summed E-state index contributed by atoms with van der Waals surface area (Å²) in [7, 11) is 0. The minimum atomic E-state index is 0.229. The second kappa shape index (κ2) is 9.44. The molecule has 14 heavy (non-hydrogen) atoms. The van der Waals surface area contributed by atoms with Crippen molar-refractivity contribution in [1.82, 2.24) is 4.90 Å². The van der Waals surface area contributed by atoms with Crippen LogP contribution >= 0.6 is 0 Å². The van der Waals surface area contributed by atoms with Crippen LogP contribution in [0, 0.1) is 0 Å². The Morgan fingerprint density at radius 1 is 1.21 bits per heavy atom. The van der Waals surface area contributed by atoms with Gasteiger partial charge < -0.3 is 9.84 Å². The number of aliphatic hydroxyl groups excluding tert-OH is 1. The van der Waals surface area contributed by atoms with Crippen LogP contribution in [0.4, 0.5) is 0 Å². The van der Waals surface area contributed by atoms with Gasteiger partial charge in [-0.3, -0.25) is 4.90 Å². The first-order valence-electron chi connectivity index (χ1n) is 5.65. The maximum atomic E-state index is 8.84. The summed E-state index contributed by atoms with van der Waals surface area (Å²) in [5, 5.41) is 8.84. The Kier molecular flexibility index (Phi) is 9.35. The molecule has 0 saturated carbocycles. The van der Waals surface area contributed by atoms with E-state index in [0.717, 1.165) is 32.7 Å². The van der Waals surface area contributed by atoms with Gasteiger partial charge in [0.05, 0.1) is 13.2 Å². The van der Waals surface area contributed by atoms with Crippen LogP contribution in [0.5, 0.6) is 0 Å². The van der Waals surface area contributed by atoms with Crippen LogP contribution in [0.1, 0.15) is 33.6 Å². The Balaban J connectivity index is 3.41. The van der Waals surface area contributed by atoms with Gasteiger partial charge in [-0.2, -0.15) is 0 Å². The lowest BCUT2D eigenvalue weighted by molar-refractivity contribution is 0.0816. The van der Waals surface area contributed by atoms with Crippen LogP contribution in [0.2, 0.25) is 0 Å². The molecule has 0 aliphatic heterocycles. The first-order chi connectivity index (χ1) is 6.72. The van der Waals surface area contributed by atoms with E-state index < -0.39 is 0 Å². The molecule has 3 heteroatoms. The molecule has 0 aromatic carbocycles. The second-order valence-electron chi connectivity index (χ2n) is 3.82. The van der Waals surface area contributed by atoms with Crippen molar-refractivity contribution >= 4 is 0 Å². The van der Waals surface area contributed by atoms with Crippen molar-refractivity contribution in [3.05, 3.63) is 0 Å². The average Bonchev–Trinajstić information content (AvgIpc) is 2.15. The van der Waals surface area contributed by atoms with Crippen LogP contribution < -0.4 is 0 Å². The standard InChI is InChI=1S/C11H25NO2/c1-4-5-9-14-10-7-12(6-8-13)11(2)3/h11,13H,4-10H2,1-3H3. The number of ether oxygens (including phenoxy) is 1. The van der Waals surface area contributed by atoms with Crippen molar-refractivity contribution in [1.29, 1.82) is 0 Å². The zero-order valence-corrected chi connectivity index (χ0v) is 9.83. The Labute approximate surface area is 88.1 Å². The lowest BCUT2D eigenvalue weighted by Crippen LogP contribution is -2.36. The second-order valence-corrected chi connectivity index (χ2v) is 3.82. The van der Waals surface area contributed by atoms with Crippen molar-refractivity contribution in [2.24, 2.45) is 0 Å². The first kappa shape index (κ1) is 13.9. The number of unbranched alkanes of at least 4 members (excludes halogenated alkanes) is 1. The highest BCUT2D eigenvalue weighted by Crippen LogP contribution is 1.97. The molecular weight excluding hydrogens is 178 g/mol. The van der Waals surface area contributed by atoms with Gasteiger partial charge in [0.2, 0.25) is 0 Å². The molecule has 3 nitrogen and oxygen atoms in total. The van der Waals surface area contributed by atoms with Gasteiger partial charge in [-0.15, -0.1) is 0 Å². The maximum Gasteiger partial charge on any atom is 0.0593 e. The third kappa shape index (κ3) is 7.30. The van der Waals surface area contributed by atoms with Gasteiger partial charge in [0, 0.05) is 25.7 Å². The summed E-state index contributed by atoms with van der Waals surface area (Å²) in [5.41, 5.74) is 0. The highest BCUT2D eigenvalue weighted by Gasteiger charge is 2.07. The fraction of sp³-hybridized carbons (Fsp3) is 1.00. The van der Waals surface area contributed by atoms with E-state index >= 15 is 0 Å². The van der Waals surface area contributed by atoms with Crippen LogP contribution in [-0.4, -0.2) is 49.0 Å². The molecule has 0 aromatic rings. The highest BCUT2D eigenvalue weighted by atomic mass is 16.5. The largest absolute Gasteiger partial charge is 0.395 e. The van der Waals surface area contributed by atoms with E-state index in [9.17, 15) is 0 Å². The van der Waals surface area contributed by atoms with Gasteiger partial charge in [0.25, 0.3) is 0 Å². The minimum absolute atomic E-state index is 0.229. The Bertz CT molecular complexity index is 118. The summed E-state index contributed by atoms with van der Waals surface area (Å²) in [4.78, 5) is 2.23. The minimum Gasteiger partial charge on any atom is -0.395 e. The van der Waals surface area contributed by atoms with E-state index in [0.29, 0.717) is 6.04 Å². The Hall–Kier alpha value is -0.120. The number of aliphatic hydroxyl groups is 1. The smallest absolute Gasteiger partial charge is 0.0593 e. The molecular formula is C11H25NO2. The number of hydrogen-bond donors (Lipinski definition) is 1. The predicted molar refractivity (Wildman–Crippen MR) is 59.5 cm³/mol. The van der Waals surface area contributed by atoms with Gasteiger partial charge in [0.1, 0.15) is 0 Å². The van der Waals surface area contributed by atoms with E-state index in [4.69, 9.17) is 9.84 Å². The quantitative estimate of drug-likeness (QED) is 0.577. The number of nitrogens with zero attached hydrogens (tertiary/aromatic N) is 1. The monoisotopic (exact) mass is 203 g/mol. The van der Waals surface area contributed by atoms with Gasteiger partial charge in [-0.05, 0) is 20.3 Å². The van der Waals surface area contributed by atoms with Crippen LogP contribution in [-0.2, 0) is 4.74 Å². The summed E-state index contributed by atoms with van der Waals surface area (Å²) in [6.07, 6.45) is 2.33. The van der Waals surface area contributed by atoms with Crippen LogP contribution in [0.25, 0.3) is 0 Å². The normalized spacial score (nSPS) is 11.6. The average molecular weight is 203 g/mol. The Morgan fingerprint density at radius 2 is 1.93 bits per heavy atom. The zero-order chi connectivity index (χ0) is 10.8. The third-order valence-electron chi connectivity index (χ3n) is 2.28. The molecule has 0 heterocycles. The van der Waals surface area contributed by atoms with Crippen LogP contribution in [0.3, 0.4) is 0 Å². The summed E-state index contributed by atoms with van der Waals surface area (Å²) in [6.45, 7) is 9.97. The Morgan fingerprint density at radius 3 is 2.43 bits per heavy atom. The molecule has 0 aromatic heterocycles. The van der Waals surface area contributed by atoms with Crippen molar-refractivity contribution < 1.29 is 9.84 Å². The molecule has 0 fully saturated rings. The van der Waals surface area contributed by atoms with Crippen molar-refractivity contribution in [3.8, 4) is 0 Å². The summed E-state index contributed by atoms with van der Waals surface area (Å²) in [6, 6.07) is 0.483. The van der Waals surface area contributed by atoms with Gasteiger partial charge >= 0.3 is 0 Å². The van der Waals surface area contributed by atoms with Crippen molar-refractivity contribution in [2.45, 2.75) is 39.7 Å². The van der Waals surface area contributed by atoms with E-state index in [1.807, 2.05) is 0 Å². The molecule has 0 aliphatic carbocycles. The number of hydrogen-bond acceptors (Lipinski definition) is 3. The molecule has 86 valence electrons. The molecule has 0 amide bonds. The zero-order valence-electron chi connectivity index (χ0n) is 9.83. The number of rotatable bonds is 9. The van der Waals surface area contributed by atoms with E-state index in [1.165, 1.54) is 6.42 Å². The summed E-state index contributed by atoms with van der Waals surface area (Å²) < 4.78 is 5.48. The molecule has 0 rings (SSSR count). The molecule has 0 spiro atoms. The lowest BCUT2D eigenvalue weighted by atomic mass is 10.3. The van der Waals surface area contributed by atoms with Crippen molar-refractivity contribution in [2.75, 3.05) is 32.9 Å². The van der Waals surface area contributed by atoms with Gasteiger partial charge in [-0.1, -0.05) is 13.3 Å². The van der Waals surface area contributed by atoms with Gasteiger partial charge in [0.15, 0.2) is 0 Å². The molecule has 0 aliphatic rings. The molecule has 0 radical (unpaired) electrons. The first-order valence-corrected chi connectivity index (χ1v) is 5.65. The van der Waals surface area contributed by atoms with Crippen molar-refractivity contribution in [3.63, 3.8) is 0 Å². The molecule has 0 bridgehead atoms. The van der Waals surface area contributed by atoms with E-state index in [2.05, 4.69) is 25.7 Å². The lowest BCUT2D eigenvalue weighted by Gasteiger charge is -2.25. The van der Waals surface area contributed by atoms with E-state index in [1.54, 1.807) is 0 Å². The van der Waals surface area contributed by atoms with Crippen LogP contribution in [0.15, 0.2) is 0 Å². The predicted octanol–water partition coefficient (Wildman–Crippen LogP) is 1.51. The molecule has 0 unspecified atom stereocenters. The molecule has 0 atom stereocenters. The summed E-state index contributed by atoms with van der Waals surface area (Å²) in [5.74, 6) is 0. The molecule has 1 N–H and O–H groups in total. The highest BCUT2D eigenvalue weighted by molar-refractivity contribution is 4.61. The molecule has 0 saturated heterocycles. The fourth-order valence-corrected chi connectivity index (χ4v) is 1.29. The van der Waals surface area contributed by atoms with E-state index in [-0.39, 0.29) is 6.61 Å². The SMILES string of the molecule is CCCCOCCN(CCO)C(C)C.